The number of carboxylic acids is 1. The maximum absolute atomic E-state index is 10.8. The van der Waals surface area contributed by atoms with Crippen LogP contribution in [0.1, 0.15) is 38.2 Å². The summed E-state index contributed by atoms with van der Waals surface area (Å²) in [4.78, 5) is 12.9. The number of hydrogen-bond acceptors (Lipinski definition) is 3. The van der Waals surface area contributed by atoms with E-state index in [4.69, 9.17) is 9.84 Å². The minimum Gasteiger partial charge on any atom is -0.493 e. The number of likely N-dealkylation sites (tertiary alicyclic amines) is 1. The van der Waals surface area contributed by atoms with Gasteiger partial charge >= 0.3 is 5.97 Å². The third kappa shape index (κ3) is 5.50. The Morgan fingerprint density at radius 3 is 2.96 bits per heavy atom. The highest BCUT2D eigenvalue weighted by atomic mass is 79.9. The van der Waals surface area contributed by atoms with E-state index >= 15 is 0 Å². The fourth-order valence-corrected chi connectivity index (χ4v) is 3.64. The molecule has 5 heteroatoms. The molecule has 2 rings (SSSR count). The fourth-order valence-electron chi connectivity index (χ4n) is 3.29. The molecule has 4 nitrogen and oxygen atoms in total. The van der Waals surface area contributed by atoms with Gasteiger partial charge in [0.2, 0.25) is 0 Å². The molecule has 1 saturated heterocycles. The van der Waals surface area contributed by atoms with Crippen molar-refractivity contribution in [2.24, 2.45) is 5.92 Å². The first-order valence-corrected chi connectivity index (χ1v) is 9.10. The van der Waals surface area contributed by atoms with E-state index in [1.54, 1.807) is 0 Å². The van der Waals surface area contributed by atoms with Crippen LogP contribution in [0.4, 0.5) is 0 Å². The van der Waals surface area contributed by atoms with Gasteiger partial charge in [-0.2, -0.15) is 0 Å². The Bertz CT molecular complexity index is 535. The summed E-state index contributed by atoms with van der Waals surface area (Å²) in [5.41, 5.74) is 1.14. The molecule has 1 aliphatic rings. The van der Waals surface area contributed by atoms with Gasteiger partial charge in [-0.3, -0.25) is 9.69 Å². The van der Waals surface area contributed by atoms with Gasteiger partial charge < -0.3 is 9.84 Å². The van der Waals surface area contributed by atoms with Crippen molar-refractivity contribution in [3.63, 3.8) is 0 Å². The minimum atomic E-state index is -0.729. The van der Waals surface area contributed by atoms with Crippen molar-refractivity contribution in [2.75, 3.05) is 19.7 Å². The first-order valence-electron chi connectivity index (χ1n) is 8.31. The first kappa shape index (κ1) is 18.3. The Kier molecular flexibility index (Phi) is 6.90. The molecule has 0 aliphatic carbocycles. The van der Waals surface area contributed by atoms with Crippen molar-refractivity contribution >= 4 is 21.9 Å². The SMILES string of the molecule is Cc1c(Br)cccc1OCCC[C@@H]1CCN(CC(=O)O)[C@@H](C)C1. The quantitative estimate of drug-likeness (QED) is 0.719. The van der Waals surface area contributed by atoms with Crippen molar-refractivity contribution in [1.29, 1.82) is 0 Å². The lowest BCUT2D eigenvalue weighted by Gasteiger charge is -2.36. The number of piperidine rings is 1. The average Bonchev–Trinajstić information content (AvgIpc) is 2.50. The summed E-state index contributed by atoms with van der Waals surface area (Å²) < 4.78 is 6.97. The van der Waals surface area contributed by atoms with Crippen molar-refractivity contribution in [1.82, 2.24) is 4.90 Å². The molecule has 1 aromatic rings. The van der Waals surface area contributed by atoms with Crippen LogP contribution in [0, 0.1) is 12.8 Å². The maximum atomic E-state index is 10.8. The van der Waals surface area contributed by atoms with Crippen LogP contribution in [-0.2, 0) is 4.79 Å². The second kappa shape index (κ2) is 8.69. The molecule has 1 heterocycles. The van der Waals surface area contributed by atoms with E-state index in [1.807, 2.05) is 18.2 Å². The minimum absolute atomic E-state index is 0.166. The number of rotatable bonds is 7. The molecule has 23 heavy (non-hydrogen) atoms. The molecule has 0 unspecified atom stereocenters. The summed E-state index contributed by atoms with van der Waals surface area (Å²) in [5, 5.41) is 8.91. The van der Waals surface area contributed by atoms with Gasteiger partial charge in [0.1, 0.15) is 5.75 Å². The van der Waals surface area contributed by atoms with Crippen molar-refractivity contribution in [2.45, 2.75) is 45.6 Å². The topological polar surface area (TPSA) is 49.8 Å². The molecule has 0 aromatic heterocycles. The average molecular weight is 384 g/mol. The Hall–Kier alpha value is -1.07. The van der Waals surface area contributed by atoms with E-state index in [2.05, 4.69) is 34.7 Å². The van der Waals surface area contributed by atoms with Crippen LogP contribution in [0.2, 0.25) is 0 Å². The lowest BCUT2D eigenvalue weighted by atomic mass is 9.88. The van der Waals surface area contributed by atoms with Crippen LogP contribution >= 0.6 is 15.9 Å². The van der Waals surface area contributed by atoms with Crippen LogP contribution in [0.5, 0.6) is 5.75 Å². The normalized spacial score (nSPS) is 22.0. The number of benzene rings is 1. The molecule has 128 valence electrons. The van der Waals surface area contributed by atoms with E-state index in [0.717, 1.165) is 54.6 Å². The van der Waals surface area contributed by atoms with Gasteiger partial charge in [0.05, 0.1) is 13.2 Å². The molecule has 1 fully saturated rings. The van der Waals surface area contributed by atoms with E-state index in [0.29, 0.717) is 12.0 Å². The zero-order valence-electron chi connectivity index (χ0n) is 13.9. The Morgan fingerprint density at radius 1 is 1.48 bits per heavy atom. The maximum Gasteiger partial charge on any atom is 0.317 e. The monoisotopic (exact) mass is 383 g/mol. The fraction of sp³-hybridized carbons (Fsp3) is 0.611. The van der Waals surface area contributed by atoms with Crippen molar-refractivity contribution in [3.8, 4) is 5.75 Å². The number of nitrogens with zero attached hydrogens (tertiary/aromatic N) is 1. The lowest BCUT2D eigenvalue weighted by molar-refractivity contribution is -0.139. The van der Waals surface area contributed by atoms with Crippen LogP contribution in [0.15, 0.2) is 22.7 Å². The molecular formula is C18H26BrNO3. The van der Waals surface area contributed by atoms with Gasteiger partial charge in [0, 0.05) is 16.1 Å². The highest BCUT2D eigenvalue weighted by molar-refractivity contribution is 9.10. The van der Waals surface area contributed by atoms with E-state index in [9.17, 15) is 4.79 Å². The lowest BCUT2D eigenvalue weighted by Crippen LogP contribution is -2.43. The Balaban J connectivity index is 1.69. The predicted octanol–water partition coefficient (Wildman–Crippen LogP) is 4.10. The smallest absolute Gasteiger partial charge is 0.317 e. The van der Waals surface area contributed by atoms with Crippen LogP contribution in [-0.4, -0.2) is 41.7 Å². The molecule has 0 amide bonds. The number of halogens is 1. The van der Waals surface area contributed by atoms with Gasteiger partial charge in [-0.15, -0.1) is 0 Å². The van der Waals surface area contributed by atoms with E-state index in [1.165, 1.54) is 0 Å². The summed E-state index contributed by atoms with van der Waals surface area (Å²) in [6.07, 6.45) is 4.37. The van der Waals surface area contributed by atoms with Crippen LogP contribution in [0.25, 0.3) is 0 Å². The molecule has 0 saturated carbocycles. The third-order valence-electron chi connectivity index (χ3n) is 4.69. The van der Waals surface area contributed by atoms with Crippen molar-refractivity contribution < 1.29 is 14.6 Å². The molecule has 2 atom stereocenters. The summed E-state index contributed by atoms with van der Waals surface area (Å²) in [7, 11) is 0. The van der Waals surface area contributed by atoms with Gasteiger partial charge in [-0.25, -0.2) is 0 Å². The molecular weight excluding hydrogens is 358 g/mol. The summed E-state index contributed by atoms with van der Waals surface area (Å²) >= 11 is 3.52. The molecule has 0 bridgehead atoms. The van der Waals surface area contributed by atoms with Gasteiger partial charge in [-0.1, -0.05) is 22.0 Å². The number of carboxylic acid groups (broad SMARTS) is 1. The molecule has 1 aliphatic heterocycles. The Labute approximate surface area is 147 Å². The first-order chi connectivity index (χ1) is 11.0. The Morgan fingerprint density at radius 2 is 2.26 bits per heavy atom. The number of carbonyl (C=O) groups is 1. The largest absolute Gasteiger partial charge is 0.493 e. The predicted molar refractivity (Wildman–Crippen MR) is 95.0 cm³/mol. The van der Waals surface area contributed by atoms with Gasteiger partial charge in [0.15, 0.2) is 0 Å². The van der Waals surface area contributed by atoms with Gasteiger partial charge in [0.25, 0.3) is 0 Å². The second-order valence-electron chi connectivity index (χ2n) is 6.46. The summed E-state index contributed by atoms with van der Waals surface area (Å²) in [6, 6.07) is 6.38. The number of aliphatic carboxylic acids is 1. The zero-order valence-corrected chi connectivity index (χ0v) is 15.5. The third-order valence-corrected chi connectivity index (χ3v) is 5.55. The molecule has 0 spiro atoms. The van der Waals surface area contributed by atoms with Gasteiger partial charge in [-0.05, 0) is 64.1 Å². The highest BCUT2D eigenvalue weighted by Crippen LogP contribution is 2.28. The highest BCUT2D eigenvalue weighted by Gasteiger charge is 2.26. The summed E-state index contributed by atoms with van der Waals surface area (Å²) in [5.74, 6) is 0.902. The molecule has 1 aromatic carbocycles. The molecule has 1 N–H and O–H groups in total. The van der Waals surface area contributed by atoms with E-state index in [-0.39, 0.29) is 6.54 Å². The standard InChI is InChI=1S/C18H26BrNO3/c1-13-11-15(8-9-20(13)12-18(21)22)5-4-10-23-17-7-3-6-16(19)14(17)2/h3,6-7,13,15H,4-5,8-12H2,1-2H3,(H,21,22)/t13-,15+/m0/s1. The summed E-state index contributed by atoms with van der Waals surface area (Å²) in [6.45, 7) is 5.99. The van der Waals surface area contributed by atoms with Crippen molar-refractivity contribution in [3.05, 3.63) is 28.2 Å². The van der Waals surface area contributed by atoms with Crippen LogP contribution < -0.4 is 4.74 Å². The number of hydrogen-bond donors (Lipinski definition) is 1. The molecule has 0 radical (unpaired) electrons. The number of ether oxygens (including phenoxy) is 1. The van der Waals surface area contributed by atoms with Crippen LogP contribution in [0.3, 0.4) is 0 Å². The zero-order chi connectivity index (χ0) is 16.8. The van der Waals surface area contributed by atoms with E-state index < -0.39 is 5.97 Å². The second-order valence-corrected chi connectivity index (χ2v) is 7.31.